The van der Waals surface area contributed by atoms with E-state index in [2.05, 4.69) is 10.1 Å². The van der Waals surface area contributed by atoms with Crippen molar-refractivity contribution >= 4 is 24.2 Å². The lowest BCUT2D eigenvalue weighted by atomic mass is 10.1. The summed E-state index contributed by atoms with van der Waals surface area (Å²) in [6, 6.07) is 7.32. The SMILES string of the molecule is CCP(=O)(CC)N[C@@H](Cc1c[nH]c2ccccc12)C(=O)OC. The molecular formula is C16H23N2O3P. The number of esters is 1. The summed E-state index contributed by atoms with van der Waals surface area (Å²) in [4.78, 5) is 15.3. The number of hydrogen-bond acceptors (Lipinski definition) is 3. The van der Waals surface area contributed by atoms with Gasteiger partial charge in [-0.2, -0.15) is 0 Å². The molecule has 0 saturated carbocycles. The normalized spacial score (nSPS) is 13.2. The molecule has 1 aromatic carbocycles. The summed E-state index contributed by atoms with van der Waals surface area (Å²) in [6.07, 6.45) is 3.38. The Morgan fingerprint density at radius 2 is 2.00 bits per heavy atom. The Bertz CT molecular complexity index is 688. The zero-order valence-electron chi connectivity index (χ0n) is 13.3. The molecule has 0 bridgehead atoms. The zero-order valence-corrected chi connectivity index (χ0v) is 14.2. The van der Waals surface area contributed by atoms with E-state index in [1.54, 1.807) is 0 Å². The van der Waals surface area contributed by atoms with Crippen LogP contribution in [-0.2, 0) is 20.5 Å². The lowest BCUT2D eigenvalue weighted by Crippen LogP contribution is -2.38. The van der Waals surface area contributed by atoms with Crippen molar-refractivity contribution in [2.45, 2.75) is 26.3 Å². The molecular weight excluding hydrogens is 299 g/mol. The minimum Gasteiger partial charge on any atom is -0.468 e. The van der Waals surface area contributed by atoms with E-state index < -0.39 is 13.3 Å². The molecule has 2 N–H and O–H groups in total. The van der Waals surface area contributed by atoms with Crippen LogP contribution in [0.3, 0.4) is 0 Å². The van der Waals surface area contributed by atoms with Crippen molar-refractivity contribution in [3.05, 3.63) is 36.0 Å². The van der Waals surface area contributed by atoms with Gasteiger partial charge in [0.25, 0.3) is 0 Å². The number of benzene rings is 1. The van der Waals surface area contributed by atoms with Crippen LogP contribution in [0.15, 0.2) is 30.5 Å². The monoisotopic (exact) mass is 322 g/mol. The molecule has 0 aliphatic carbocycles. The van der Waals surface area contributed by atoms with Crippen LogP contribution < -0.4 is 5.09 Å². The van der Waals surface area contributed by atoms with Gasteiger partial charge in [0, 0.05) is 35.8 Å². The average molecular weight is 322 g/mol. The lowest BCUT2D eigenvalue weighted by Gasteiger charge is -2.22. The third kappa shape index (κ3) is 3.60. The molecule has 0 aliphatic rings. The molecule has 6 heteroatoms. The van der Waals surface area contributed by atoms with Gasteiger partial charge in [-0.1, -0.05) is 32.0 Å². The number of para-hydroxylation sites is 1. The van der Waals surface area contributed by atoms with E-state index in [0.29, 0.717) is 18.7 Å². The Kier molecular flexibility index (Phi) is 5.43. The summed E-state index contributed by atoms with van der Waals surface area (Å²) in [5.74, 6) is -0.382. The standard InChI is InChI=1S/C16H23N2O3P/c1-4-22(20,5-2)18-15(16(19)21-3)10-12-11-17-14-9-7-6-8-13(12)14/h6-9,11,15,17H,4-5,10H2,1-3H3,(H,18,20)/t15-/m0/s1. The highest BCUT2D eigenvalue weighted by Gasteiger charge is 2.28. The topological polar surface area (TPSA) is 71.2 Å². The Balaban J connectivity index is 2.27. The fourth-order valence-electron chi connectivity index (χ4n) is 2.53. The molecule has 2 aromatic rings. The van der Waals surface area contributed by atoms with Gasteiger partial charge in [0.15, 0.2) is 0 Å². The van der Waals surface area contributed by atoms with Crippen molar-refractivity contribution in [1.29, 1.82) is 0 Å². The quantitative estimate of drug-likeness (QED) is 0.607. The Morgan fingerprint density at radius 3 is 2.64 bits per heavy atom. The van der Waals surface area contributed by atoms with Crippen LogP contribution in [0.2, 0.25) is 0 Å². The largest absolute Gasteiger partial charge is 0.468 e. The first-order valence-electron chi connectivity index (χ1n) is 7.51. The van der Waals surface area contributed by atoms with Gasteiger partial charge >= 0.3 is 5.97 Å². The fraction of sp³-hybridized carbons (Fsp3) is 0.438. The second-order valence-corrected chi connectivity index (χ2v) is 8.59. The van der Waals surface area contributed by atoms with Crippen molar-refractivity contribution < 1.29 is 14.1 Å². The maximum absolute atomic E-state index is 12.6. The molecule has 0 saturated heterocycles. The van der Waals surface area contributed by atoms with E-state index in [4.69, 9.17) is 4.74 Å². The maximum Gasteiger partial charge on any atom is 0.323 e. The van der Waals surface area contributed by atoms with E-state index in [0.717, 1.165) is 16.5 Å². The molecule has 0 amide bonds. The van der Waals surface area contributed by atoms with Crippen LogP contribution in [0.25, 0.3) is 10.9 Å². The Morgan fingerprint density at radius 1 is 1.32 bits per heavy atom. The Hall–Kier alpha value is -1.58. The minimum atomic E-state index is -2.54. The number of aromatic amines is 1. The number of rotatable bonds is 7. The smallest absolute Gasteiger partial charge is 0.323 e. The summed E-state index contributed by atoms with van der Waals surface area (Å²) < 4.78 is 17.5. The van der Waals surface area contributed by atoms with E-state index in [1.165, 1.54) is 7.11 Å². The first kappa shape index (κ1) is 16.8. The highest BCUT2D eigenvalue weighted by Crippen LogP contribution is 2.40. The summed E-state index contributed by atoms with van der Waals surface area (Å²) in [5, 5.41) is 4.12. The molecule has 0 radical (unpaired) electrons. The van der Waals surface area contributed by atoms with Gasteiger partial charge in [-0.3, -0.25) is 9.88 Å². The number of fused-ring (bicyclic) bond motifs is 1. The predicted octanol–water partition coefficient (Wildman–Crippen LogP) is 3.16. The molecule has 2 rings (SSSR count). The number of nitrogens with one attached hydrogen (secondary N) is 2. The summed E-state index contributed by atoms with van der Waals surface area (Å²) in [5.41, 5.74) is 2.03. The van der Waals surface area contributed by atoms with Crippen LogP contribution in [0.4, 0.5) is 0 Å². The highest BCUT2D eigenvalue weighted by atomic mass is 31.2. The number of methoxy groups -OCH3 is 1. The first-order valence-corrected chi connectivity index (χ1v) is 9.59. The van der Waals surface area contributed by atoms with Crippen LogP contribution in [0.1, 0.15) is 19.4 Å². The van der Waals surface area contributed by atoms with Crippen molar-refractivity contribution in [2.75, 3.05) is 19.4 Å². The van der Waals surface area contributed by atoms with Crippen LogP contribution in [0.5, 0.6) is 0 Å². The average Bonchev–Trinajstić information content (AvgIpc) is 2.96. The molecule has 1 atom stereocenters. The summed E-state index contributed by atoms with van der Waals surface area (Å²) >= 11 is 0. The summed E-state index contributed by atoms with van der Waals surface area (Å²) in [6.45, 7) is 3.74. The number of ether oxygens (including phenoxy) is 1. The second kappa shape index (κ2) is 7.12. The predicted molar refractivity (Wildman–Crippen MR) is 89.6 cm³/mol. The minimum absolute atomic E-state index is 0.382. The number of carbonyl (C=O) groups is 1. The molecule has 0 fully saturated rings. The van der Waals surface area contributed by atoms with Crippen LogP contribution in [-0.4, -0.2) is 36.4 Å². The number of hydrogen-bond donors (Lipinski definition) is 2. The third-order valence-corrected chi connectivity index (χ3v) is 6.82. The van der Waals surface area contributed by atoms with Crippen molar-refractivity contribution in [3.8, 4) is 0 Å². The zero-order chi connectivity index (χ0) is 16.2. The van der Waals surface area contributed by atoms with E-state index >= 15 is 0 Å². The number of H-pyrrole nitrogens is 1. The van der Waals surface area contributed by atoms with E-state index in [-0.39, 0.29) is 5.97 Å². The number of carbonyl (C=O) groups excluding carboxylic acids is 1. The van der Waals surface area contributed by atoms with E-state index in [9.17, 15) is 9.36 Å². The van der Waals surface area contributed by atoms with Gasteiger partial charge in [0.05, 0.1) is 7.11 Å². The molecule has 0 spiro atoms. The van der Waals surface area contributed by atoms with Gasteiger partial charge in [-0.05, 0) is 11.6 Å². The van der Waals surface area contributed by atoms with Gasteiger partial charge in [0.2, 0.25) is 0 Å². The highest BCUT2D eigenvalue weighted by molar-refractivity contribution is 7.61. The first-order chi connectivity index (χ1) is 10.5. The fourth-order valence-corrected chi connectivity index (χ4v) is 4.11. The van der Waals surface area contributed by atoms with Crippen molar-refractivity contribution in [1.82, 2.24) is 10.1 Å². The van der Waals surface area contributed by atoms with Crippen molar-refractivity contribution in [2.24, 2.45) is 0 Å². The Labute approximate surface area is 130 Å². The molecule has 22 heavy (non-hydrogen) atoms. The molecule has 0 unspecified atom stereocenters. The van der Waals surface area contributed by atoms with Gasteiger partial charge < -0.3 is 14.3 Å². The lowest BCUT2D eigenvalue weighted by molar-refractivity contribution is -0.142. The molecule has 1 aromatic heterocycles. The molecule has 5 nitrogen and oxygen atoms in total. The van der Waals surface area contributed by atoms with Crippen molar-refractivity contribution in [3.63, 3.8) is 0 Å². The maximum atomic E-state index is 12.6. The molecule has 120 valence electrons. The molecule has 0 aliphatic heterocycles. The van der Waals surface area contributed by atoms with Gasteiger partial charge in [-0.15, -0.1) is 0 Å². The van der Waals surface area contributed by atoms with Crippen LogP contribution in [0, 0.1) is 0 Å². The third-order valence-electron chi connectivity index (χ3n) is 4.00. The van der Waals surface area contributed by atoms with Crippen LogP contribution >= 0.6 is 7.29 Å². The van der Waals surface area contributed by atoms with Gasteiger partial charge in [0.1, 0.15) is 13.3 Å². The van der Waals surface area contributed by atoms with E-state index in [1.807, 2.05) is 44.3 Å². The molecule has 1 heterocycles. The second-order valence-electron chi connectivity index (χ2n) is 5.29. The van der Waals surface area contributed by atoms with Gasteiger partial charge in [-0.25, -0.2) is 0 Å². The summed E-state index contributed by atoms with van der Waals surface area (Å²) in [7, 11) is -1.19. The number of aromatic nitrogens is 1.